The van der Waals surface area contributed by atoms with Gasteiger partial charge >= 0.3 is 0 Å². The summed E-state index contributed by atoms with van der Waals surface area (Å²) in [7, 11) is 0. The Hall–Kier alpha value is -1.79. The monoisotopic (exact) mass is 273 g/mol. The summed E-state index contributed by atoms with van der Waals surface area (Å²) in [5, 5.41) is 14.0. The molecule has 1 saturated heterocycles. The van der Waals surface area contributed by atoms with Crippen molar-refractivity contribution < 1.29 is 4.74 Å². The van der Waals surface area contributed by atoms with Crippen molar-refractivity contribution in [2.75, 3.05) is 19.7 Å². The predicted molar refractivity (Wildman–Crippen MR) is 75.0 cm³/mol. The minimum Gasteiger partial charge on any atom is -0.376 e. The van der Waals surface area contributed by atoms with Crippen LogP contribution >= 0.6 is 0 Å². The van der Waals surface area contributed by atoms with Crippen LogP contribution in [0.25, 0.3) is 11.4 Å². The molecule has 0 radical (unpaired) electrons. The zero-order chi connectivity index (χ0) is 13.9. The smallest absolute Gasteiger partial charge is 0.204 e. The molecule has 1 aliphatic heterocycles. The Balaban J connectivity index is 1.73. The van der Waals surface area contributed by atoms with Crippen LogP contribution in [-0.4, -0.2) is 51.3 Å². The van der Waals surface area contributed by atoms with Gasteiger partial charge in [-0.25, -0.2) is 0 Å². The summed E-state index contributed by atoms with van der Waals surface area (Å²) in [6, 6.07) is 8.74. The van der Waals surface area contributed by atoms with Gasteiger partial charge in [0, 0.05) is 24.7 Å². The fourth-order valence-electron chi connectivity index (χ4n) is 2.60. The van der Waals surface area contributed by atoms with E-state index in [0.29, 0.717) is 18.0 Å². The van der Waals surface area contributed by atoms with E-state index >= 15 is 0 Å². The SMILES string of the molecule is CC1CN(C(C)c2ccc(-c3nn[nH]n3)cc2)CCO1. The normalized spacial score (nSPS) is 21.8. The van der Waals surface area contributed by atoms with Crippen molar-refractivity contribution in [3.8, 4) is 11.4 Å². The van der Waals surface area contributed by atoms with Gasteiger partial charge in [-0.1, -0.05) is 24.3 Å². The zero-order valence-electron chi connectivity index (χ0n) is 11.8. The van der Waals surface area contributed by atoms with Crippen molar-refractivity contribution in [2.45, 2.75) is 26.0 Å². The number of hydrogen-bond acceptors (Lipinski definition) is 5. The van der Waals surface area contributed by atoms with Crippen LogP contribution in [0.4, 0.5) is 0 Å². The van der Waals surface area contributed by atoms with Gasteiger partial charge in [0.1, 0.15) is 0 Å². The van der Waals surface area contributed by atoms with Crippen LogP contribution in [0.5, 0.6) is 0 Å². The molecule has 1 aromatic carbocycles. The minimum absolute atomic E-state index is 0.310. The van der Waals surface area contributed by atoms with E-state index < -0.39 is 0 Å². The van der Waals surface area contributed by atoms with Crippen molar-refractivity contribution >= 4 is 0 Å². The Morgan fingerprint density at radius 3 is 2.80 bits per heavy atom. The first kappa shape index (κ1) is 13.2. The highest BCUT2D eigenvalue weighted by Gasteiger charge is 2.22. The van der Waals surface area contributed by atoms with E-state index in [4.69, 9.17) is 4.74 Å². The Labute approximate surface area is 118 Å². The maximum absolute atomic E-state index is 5.59. The highest BCUT2D eigenvalue weighted by atomic mass is 16.5. The molecule has 0 bridgehead atoms. The van der Waals surface area contributed by atoms with Gasteiger partial charge in [-0.2, -0.15) is 5.21 Å². The van der Waals surface area contributed by atoms with Crippen LogP contribution in [0.2, 0.25) is 0 Å². The first-order chi connectivity index (χ1) is 9.74. The highest BCUT2D eigenvalue weighted by molar-refractivity contribution is 5.54. The molecule has 20 heavy (non-hydrogen) atoms. The molecule has 3 rings (SSSR count). The fourth-order valence-corrected chi connectivity index (χ4v) is 2.60. The first-order valence-electron chi connectivity index (χ1n) is 6.93. The second kappa shape index (κ2) is 5.68. The molecule has 0 saturated carbocycles. The van der Waals surface area contributed by atoms with Gasteiger partial charge in [0.25, 0.3) is 0 Å². The number of ether oxygens (including phenoxy) is 1. The Morgan fingerprint density at radius 2 is 2.15 bits per heavy atom. The molecule has 1 N–H and O–H groups in total. The molecule has 2 heterocycles. The molecule has 6 heteroatoms. The van der Waals surface area contributed by atoms with Crippen LogP contribution in [-0.2, 0) is 4.74 Å². The van der Waals surface area contributed by atoms with E-state index in [9.17, 15) is 0 Å². The fraction of sp³-hybridized carbons (Fsp3) is 0.500. The summed E-state index contributed by atoms with van der Waals surface area (Å²) in [4.78, 5) is 2.46. The standard InChI is InChI=1S/C14H19N5O/c1-10-9-19(7-8-20-10)11(2)12-3-5-13(6-4-12)14-15-17-18-16-14/h3-6,10-11H,7-9H2,1-2H3,(H,15,16,17,18). The Bertz CT molecular complexity index is 539. The quantitative estimate of drug-likeness (QED) is 0.921. The molecular weight excluding hydrogens is 254 g/mol. The number of morpholine rings is 1. The summed E-state index contributed by atoms with van der Waals surface area (Å²) in [5.41, 5.74) is 2.27. The molecule has 106 valence electrons. The van der Waals surface area contributed by atoms with Gasteiger partial charge in [0.15, 0.2) is 0 Å². The van der Waals surface area contributed by atoms with E-state index in [1.807, 2.05) is 12.1 Å². The number of nitrogens with zero attached hydrogens (tertiary/aromatic N) is 4. The van der Waals surface area contributed by atoms with Gasteiger partial charge in [-0.05, 0) is 24.6 Å². The molecule has 2 atom stereocenters. The number of nitrogens with one attached hydrogen (secondary N) is 1. The third kappa shape index (κ3) is 2.71. The number of benzene rings is 1. The van der Waals surface area contributed by atoms with E-state index in [1.54, 1.807) is 0 Å². The summed E-state index contributed by atoms with van der Waals surface area (Å²) in [6.45, 7) is 7.14. The number of aromatic nitrogens is 4. The topological polar surface area (TPSA) is 66.9 Å². The number of hydrogen-bond donors (Lipinski definition) is 1. The van der Waals surface area contributed by atoms with E-state index in [2.05, 4.69) is 51.5 Å². The lowest BCUT2D eigenvalue weighted by Gasteiger charge is -2.35. The average molecular weight is 273 g/mol. The largest absolute Gasteiger partial charge is 0.376 e. The van der Waals surface area contributed by atoms with Crippen molar-refractivity contribution in [1.29, 1.82) is 0 Å². The summed E-state index contributed by atoms with van der Waals surface area (Å²) >= 11 is 0. The van der Waals surface area contributed by atoms with Crippen LogP contribution in [0, 0.1) is 0 Å². The van der Waals surface area contributed by atoms with Crippen molar-refractivity contribution in [3.63, 3.8) is 0 Å². The summed E-state index contributed by atoms with van der Waals surface area (Å²) in [5.74, 6) is 0.629. The van der Waals surface area contributed by atoms with Crippen molar-refractivity contribution in [2.24, 2.45) is 0 Å². The predicted octanol–water partition coefficient (Wildman–Crippen LogP) is 1.65. The van der Waals surface area contributed by atoms with Gasteiger partial charge in [0.05, 0.1) is 12.7 Å². The third-order valence-corrected chi connectivity index (χ3v) is 3.82. The molecule has 6 nitrogen and oxygen atoms in total. The zero-order valence-corrected chi connectivity index (χ0v) is 11.8. The molecule has 1 fully saturated rings. The molecule has 0 amide bonds. The lowest BCUT2D eigenvalue weighted by Crippen LogP contribution is -2.42. The number of H-pyrrole nitrogens is 1. The number of rotatable bonds is 3. The number of tetrazole rings is 1. The second-order valence-electron chi connectivity index (χ2n) is 5.21. The highest BCUT2D eigenvalue weighted by Crippen LogP contribution is 2.24. The van der Waals surface area contributed by atoms with E-state index in [1.165, 1.54) is 5.56 Å². The molecular formula is C14H19N5O. The number of aromatic amines is 1. The van der Waals surface area contributed by atoms with Crippen LogP contribution in [0.15, 0.2) is 24.3 Å². The van der Waals surface area contributed by atoms with Crippen LogP contribution < -0.4 is 0 Å². The molecule has 0 spiro atoms. The molecule has 2 unspecified atom stereocenters. The van der Waals surface area contributed by atoms with Crippen molar-refractivity contribution in [1.82, 2.24) is 25.5 Å². The van der Waals surface area contributed by atoms with Crippen LogP contribution in [0.3, 0.4) is 0 Å². The third-order valence-electron chi connectivity index (χ3n) is 3.82. The summed E-state index contributed by atoms with van der Waals surface area (Å²) in [6.07, 6.45) is 0.310. The maximum atomic E-state index is 5.59. The van der Waals surface area contributed by atoms with Gasteiger partial charge < -0.3 is 4.74 Å². The Morgan fingerprint density at radius 1 is 1.35 bits per heavy atom. The molecule has 1 aromatic heterocycles. The average Bonchev–Trinajstić information content (AvgIpc) is 3.01. The van der Waals surface area contributed by atoms with E-state index in [0.717, 1.165) is 25.3 Å². The molecule has 1 aliphatic rings. The van der Waals surface area contributed by atoms with E-state index in [-0.39, 0.29) is 0 Å². The van der Waals surface area contributed by atoms with Crippen molar-refractivity contribution in [3.05, 3.63) is 29.8 Å². The van der Waals surface area contributed by atoms with Gasteiger partial charge in [0.2, 0.25) is 5.82 Å². The lowest BCUT2D eigenvalue weighted by atomic mass is 10.0. The summed E-state index contributed by atoms with van der Waals surface area (Å²) < 4.78 is 5.59. The van der Waals surface area contributed by atoms with Crippen LogP contribution in [0.1, 0.15) is 25.5 Å². The van der Waals surface area contributed by atoms with Gasteiger partial charge in [-0.15, -0.1) is 10.2 Å². The minimum atomic E-state index is 0.310. The first-order valence-corrected chi connectivity index (χ1v) is 6.93. The molecule has 0 aliphatic carbocycles. The molecule has 2 aromatic rings. The lowest BCUT2D eigenvalue weighted by molar-refractivity contribution is -0.0319. The van der Waals surface area contributed by atoms with Gasteiger partial charge in [-0.3, -0.25) is 4.90 Å². The maximum Gasteiger partial charge on any atom is 0.204 e. The second-order valence-corrected chi connectivity index (χ2v) is 5.21. The Kier molecular flexibility index (Phi) is 3.75.